The predicted octanol–water partition coefficient (Wildman–Crippen LogP) is 1.88. The first kappa shape index (κ1) is 12.0. The molecular formula is C12H20N2OS. The molecule has 1 N–H and O–H groups in total. The van der Waals surface area contributed by atoms with Gasteiger partial charge in [0.05, 0.1) is 11.1 Å². The second-order valence-electron chi connectivity index (χ2n) is 4.82. The zero-order chi connectivity index (χ0) is 11.5. The number of piperidine rings is 1. The number of aromatic nitrogens is 1. The summed E-state index contributed by atoms with van der Waals surface area (Å²) in [5, 5.41) is 10.6. The Hall–Kier alpha value is -0.450. The van der Waals surface area contributed by atoms with Crippen LogP contribution in [0.3, 0.4) is 0 Å². The van der Waals surface area contributed by atoms with Gasteiger partial charge in [-0.05, 0) is 33.4 Å². The third-order valence-corrected chi connectivity index (χ3v) is 4.22. The predicted molar refractivity (Wildman–Crippen MR) is 67.0 cm³/mol. The summed E-state index contributed by atoms with van der Waals surface area (Å²) in [5.41, 5.74) is 0. The molecule has 0 bridgehead atoms. The first-order valence-electron chi connectivity index (χ1n) is 5.96. The van der Waals surface area contributed by atoms with Crippen LogP contribution in [0, 0.1) is 0 Å². The van der Waals surface area contributed by atoms with E-state index in [2.05, 4.69) is 16.9 Å². The first-order chi connectivity index (χ1) is 7.65. The van der Waals surface area contributed by atoms with Crippen LogP contribution in [0.4, 0.5) is 0 Å². The molecule has 0 radical (unpaired) electrons. The number of likely N-dealkylation sites (N-methyl/N-ethyl adjacent to an activating group) is 1. The Kier molecular flexibility index (Phi) is 3.95. The molecule has 90 valence electrons. The van der Waals surface area contributed by atoms with Crippen molar-refractivity contribution in [2.45, 2.75) is 38.2 Å². The minimum Gasteiger partial charge on any atom is -0.393 e. The number of aliphatic hydroxyl groups is 1. The average Bonchev–Trinajstić information content (AvgIpc) is 2.65. The van der Waals surface area contributed by atoms with Crippen LogP contribution in [0.1, 0.15) is 35.6 Å². The quantitative estimate of drug-likeness (QED) is 0.876. The maximum atomic E-state index is 9.34. The molecule has 2 unspecified atom stereocenters. The van der Waals surface area contributed by atoms with Crippen molar-refractivity contribution in [3.8, 4) is 0 Å². The van der Waals surface area contributed by atoms with Crippen molar-refractivity contribution in [2.75, 3.05) is 20.1 Å². The molecule has 1 aliphatic rings. The summed E-state index contributed by atoms with van der Waals surface area (Å²) in [5.74, 6) is 0.603. The molecule has 3 nitrogen and oxygen atoms in total. The van der Waals surface area contributed by atoms with Crippen LogP contribution in [-0.2, 0) is 6.42 Å². The van der Waals surface area contributed by atoms with Gasteiger partial charge < -0.3 is 10.0 Å². The van der Waals surface area contributed by atoms with Gasteiger partial charge in [0, 0.05) is 30.0 Å². The lowest BCUT2D eigenvalue weighted by Crippen LogP contribution is -2.30. The highest BCUT2D eigenvalue weighted by atomic mass is 32.1. The number of hydrogen-bond donors (Lipinski definition) is 1. The molecule has 1 saturated heterocycles. The number of aliphatic hydroxyl groups excluding tert-OH is 1. The van der Waals surface area contributed by atoms with Gasteiger partial charge in [0.15, 0.2) is 0 Å². The van der Waals surface area contributed by atoms with Crippen LogP contribution < -0.4 is 0 Å². The van der Waals surface area contributed by atoms with E-state index in [0.717, 1.165) is 13.0 Å². The zero-order valence-electron chi connectivity index (χ0n) is 10.0. The minimum atomic E-state index is -0.262. The van der Waals surface area contributed by atoms with Gasteiger partial charge in [-0.15, -0.1) is 11.3 Å². The van der Waals surface area contributed by atoms with E-state index in [1.54, 1.807) is 11.3 Å². The van der Waals surface area contributed by atoms with Crippen LogP contribution in [-0.4, -0.2) is 41.2 Å². The standard InChI is InChI=1S/C12H20N2OS/c1-9(15)6-11-7-13-12(16-11)10-4-3-5-14(2)8-10/h7,9-10,15H,3-6,8H2,1-2H3. The van der Waals surface area contributed by atoms with Gasteiger partial charge in [-0.2, -0.15) is 0 Å². The molecule has 0 saturated carbocycles. The Balaban J connectivity index is 2.00. The monoisotopic (exact) mass is 240 g/mol. The fourth-order valence-electron chi connectivity index (χ4n) is 2.26. The SMILES string of the molecule is CC(O)Cc1cnc(C2CCCN(C)C2)s1. The topological polar surface area (TPSA) is 36.4 Å². The van der Waals surface area contributed by atoms with Crippen molar-refractivity contribution in [1.82, 2.24) is 9.88 Å². The summed E-state index contributed by atoms with van der Waals surface area (Å²) in [4.78, 5) is 8.09. The second-order valence-corrected chi connectivity index (χ2v) is 5.97. The molecule has 4 heteroatoms. The van der Waals surface area contributed by atoms with Crippen molar-refractivity contribution in [3.63, 3.8) is 0 Å². The van der Waals surface area contributed by atoms with Gasteiger partial charge in [0.2, 0.25) is 0 Å². The van der Waals surface area contributed by atoms with Crippen molar-refractivity contribution >= 4 is 11.3 Å². The molecular weight excluding hydrogens is 220 g/mol. The summed E-state index contributed by atoms with van der Waals surface area (Å²) >= 11 is 1.77. The van der Waals surface area contributed by atoms with Gasteiger partial charge in [-0.25, -0.2) is 4.98 Å². The van der Waals surface area contributed by atoms with E-state index in [1.165, 1.54) is 29.3 Å². The third kappa shape index (κ3) is 3.03. The zero-order valence-corrected chi connectivity index (χ0v) is 10.8. The lowest BCUT2D eigenvalue weighted by atomic mass is 9.99. The van der Waals surface area contributed by atoms with Crippen molar-refractivity contribution in [2.24, 2.45) is 0 Å². The number of hydrogen-bond acceptors (Lipinski definition) is 4. The van der Waals surface area contributed by atoms with E-state index in [1.807, 2.05) is 13.1 Å². The van der Waals surface area contributed by atoms with Gasteiger partial charge in [-0.3, -0.25) is 0 Å². The third-order valence-electron chi connectivity index (χ3n) is 3.04. The van der Waals surface area contributed by atoms with Gasteiger partial charge >= 0.3 is 0 Å². The van der Waals surface area contributed by atoms with Crippen LogP contribution >= 0.6 is 11.3 Å². The number of nitrogens with zero attached hydrogens (tertiary/aromatic N) is 2. The Bertz CT molecular complexity index is 338. The highest BCUT2D eigenvalue weighted by Crippen LogP contribution is 2.29. The highest BCUT2D eigenvalue weighted by Gasteiger charge is 2.21. The molecule has 1 aromatic heterocycles. The normalized spacial score (nSPS) is 24.6. The molecule has 0 amide bonds. The van der Waals surface area contributed by atoms with E-state index >= 15 is 0 Å². The summed E-state index contributed by atoms with van der Waals surface area (Å²) in [6.07, 6.45) is 4.93. The number of rotatable bonds is 3. The minimum absolute atomic E-state index is 0.262. The summed E-state index contributed by atoms with van der Waals surface area (Å²) in [6.45, 7) is 4.16. The van der Waals surface area contributed by atoms with E-state index < -0.39 is 0 Å². The van der Waals surface area contributed by atoms with Crippen molar-refractivity contribution in [1.29, 1.82) is 0 Å². The second kappa shape index (κ2) is 5.25. The number of likely N-dealkylation sites (tertiary alicyclic amines) is 1. The van der Waals surface area contributed by atoms with Crippen molar-refractivity contribution in [3.05, 3.63) is 16.1 Å². The van der Waals surface area contributed by atoms with Crippen molar-refractivity contribution < 1.29 is 5.11 Å². The summed E-state index contributed by atoms with van der Waals surface area (Å²) in [7, 11) is 2.18. The fraction of sp³-hybridized carbons (Fsp3) is 0.750. The van der Waals surface area contributed by atoms with E-state index in [4.69, 9.17) is 0 Å². The molecule has 1 fully saturated rings. The Morgan fingerprint density at radius 3 is 3.19 bits per heavy atom. The maximum absolute atomic E-state index is 9.34. The smallest absolute Gasteiger partial charge is 0.0971 e. The van der Waals surface area contributed by atoms with Crippen LogP contribution in [0.2, 0.25) is 0 Å². The first-order valence-corrected chi connectivity index (χ1v) is 6.78. The molecule has 2 rings (SSSR count). The van der Waals surface area contributed by atoms with Gasteiger partial charge in [0.1, 0.15) is 0 Å². The van der Waals surface area contributed by atoms with Crippen LogP contribution in [0.25, 0.3) is 0 Å². The molecule has 0 aromatic carbocycles. The molecule has 2 atom stereocenters. The average molecular weight is 240 g/mol. The summed E-state index contributed by atoms with van der Waals surface area (Å²) in [6, 6.07) is 0. The molecule has 1 aromatic rings. The largest absolute Gasteiger partial charge is 0.393 e. The molecule has 1 aliphatic heterocycles. The fourth-order valence-corrected chi connectivity index (χ4v) is 3.43. The highest BCUT2D eigenvalue weighted by molar-refractivity contribution is 7.11. The van der Waals surface area contributed by atoms with Crippen LogP contribution in [0.5, 0.6) is 0 Å². The molecule has 0 spiro atoms. The lowest BCUT2D eigenvalue weighted by molar-refractivity contribution is 0.196. The van der Waals surface area contributed by atoms with Gasteiger partial charge in [0.25, 0.3) is 0 Å². The lowest BCUT2D eigenvalue weighted by Gasteiger charge is -2.28. The summed E-state index contributed by atoms with van der Waals surface area (Å²) < 4.78 is 0. The Morgan fingerprint density at radius 1 is 1.69 bits per heavy atom. The van der Waals surface area contributed by atoms with Crippen LogP contribution in [0.15, 0.2) is 6.20 Å². The van der Waals surface area contributed by atoms with E-state index in [9.17, 15) is 5.11 Å². The molecule has 0 aliphatic carbocycles. The van der Waals surface area contributed by atoms with Gasteiger partial charge in [-0.1, -0.05) is 0 Å². The molecule has 16 heavy (non-hydrogen) atoms. The maximum Gasteiger partial charge on any atom is 0.0971 e. The Morgan fingerprint density at radius 2 is 2.50 bits per heavy atom. The van der Waals surface area contributed by atoms with E-state index in [-0.39, 0.29) is 6.10 Å². The Labute approximate surface area is 101 Å². The number of thiazole rings is 1. The molecule has 2 heterocycles. The van der Waals surface area contributed by atoms with E-state index in [0.29, 0.717) is 5.92 Å².